The highest BCUT2D eigenvalue weighted by molar-refractivity contribution is 4.94. The van der Waals surface area contributed by atoms with E-state index in [-0.39, 0.29) is 5.54 Å². The second kappa shape index (κ2) is 8.93. The molecule has 1 atom stereocenters. The molecule has 3 nitrogen and oxygen atoms in total. The summed E-state index contributed by atoms with van der Waals surface area (Å²) < 4.78 is 0. The van der Waals surface area contributed by atoms with Gasteiger partial charge in [-0.1, -0.05) is 26.7 Å². The van der Waals surface area contributed by atoms with Gasteiger partial charge in [0.05, 0.1) is 0 Å². The molecule has 0 aromatic carbocycles. The number of hydrogen-bond donors (Lipinski definition) is 1. The first kappa shape index (κ1) is 16.9. The Balaban J connectivity index is 2.72. The van der Waals surface area contributed by atoms with E-state index in [0.717, 1.165) is 6.54 Å². The maximum atomic E-state index is 6.24. The van der Waals surface area contributed by atoms with Crippen LogP contribution in [0, 0.1) is 0 Å². The van der Waals surface area contributed by atoms with E-state index in [1.54, 1.807) is 0 Å². The zero-order valence-electron chi connectivity index (χ0n) is 13.5. The van der Waals surface area contributed by atoms with Gasteiger partial charge in [-0.2, -0.15) is 0 Å². The first-order chi connectivity index (χ1) is 9.18. The fraction of sp³-hybridized carbons (Fsp3) is 1.00. The first-order valence-corrected chi connectivity index (χ1v) is 8.32. The molecule has 1 aliphatic heterocycles. The monoisotopic (exact) mass is 269 g/mol. The molecule has 0 radical (unpaired) electrons. The quantitative estimate of drug-likeness (QED) is 0.735. The maximum Gasteiger partial charge on any atom is 0.0344 e. The zero-order valence-corrected chi connectivity index (χ0v) is 13.5. The summed E-state index contributed by atoms with van der Waals surface area (Å²) in [7, 11) is 2.25. The highest BCUT2D eigenvalue weighted by Gasteiger charge is 2.35. The third-order valence-electron chi connectivity index (χ3n) is 4.75. The molecule has 0 bridgehead atoms. The normalized spacial score (nSPS) is 25.7. The number of unbranched alkanes of at least 4 members (excludes halogenated alkanes) is 2. The highest BCUT2D eigenvalue weighted by atomic mass is 15.2. The van der Waals surface area contributed by atoms with Crippen molar-refractivity contribution in [3.8, 4) is 0 Å². The van der Waals surface area contributed by atoms with Crippen LogP contribution in [0.25, 0.3) is 0 Å². The number of rotatable bonds is 8. The Kier molecular flexibility index (Phi) is 7.96. The number of nitrogens with zero attached hydrogens (tertiary/aromatic N) is 2. The Bertz CT molecular complexity index is 224. The summed E-state index contributed by atoms with van der Waals surface area (Å²) in [6.45, 7) is 10.3. The molecule has 1 unspecified atom stereocenters. The van der Waals surface area contributed by atoms with Gasteiger partial charge in [0.25, 0.3) is 0 Å². The van der Waals surface area contributed by atoms with E-state index in [0.29, 0.717) is 0 Å². The molecule has 1 rings (SSSR count). The molecule has 1 fully saturated rings. The van der Waals surface area contributed by atoms with Crippen LogP contribution in [0.3, 0.4) is 0 Å². The third-order valence-corrected chi connectivity index (χ3v) is 4.75. The van der Waals surface area contributed by atoms with Crippen molar-refractivity contribution >= 4 is 0 Å². The molecule has 0 saturated carbocycles. The van der Waals surface area contributed by atoms with Gasteiger partial charge in [0.15, 0.2) is 0 Å². The van der Waals surface area contributed by atoms with Crippen molar-refractivity contribution in [3.63, 3.8) is 0 Å². The van der Waals surface area contributed by atoms with Crippen molar-refractivity contribution in [2.24, 2.45) is 5.73 Å². The SMILES string of the molecule is CCCCN(CCCC)C1(CN)CCCN(C)CC1. The Morgan fingerprint density at radius 2 is 1.68 bits per heavy atom. The Morgan fingerprint density at radius 3 is 2.21 bits per heavy atom. The van der Waals surface area contributed by atoms with Gasteiger partial charge in [-0.15, -0.1) is 0 Å². The van der Waals surface area contributed by atoms with E-state index in [9.17, 15) is 0 Å². The number of hydrogen-bond acceptors (Lipinski definition) is 3. The fourth-order valence-electron chi connectivity index (χ4n) is 3.25. The molecule has 0 aliphatic carbocycles. The van der Waals surface area contributed by atoms with Crippen molar-refractivity contribution < 1.29 is 0 Å². The van der Waals surface area contributed by atoms with Gasteiger partial charge in [0, 0.05) is 12.1 Å². The van der Waals surface area contributed by atoms with Crippen molar-refractivity contribution in [1.82, 2.24) is 9.80 Å². The lowest BCUT2D eigenvalue weighted by Gasteiger charge is -2.43. The van der Waals surface area contributed by atoms with Gasteiger partial charge in [0.2, 0.25) is 0 Å². The van der Waals surface area contributed by atoms with Crippen LogP contribution in [0.15, 0.2) is 0 Å². The second-order valence-electron chi connectivity index (χ2n) is 6.28. The molecule has 19 heavy (non-hydrogen) atoms. The van der Waals surface area contributed by atoms with Gasteiger partial charge in [-0.3, -0.25) is 4.90 Å². The van der Waals surface area contributed by atoms with E-state index < -0.39 is 0 Å². The molecule has 0 aromatic rings. The van der Waals surface area contributed by atoms with E-state index in [1.165, 1.54) is 71.1 Å². The van der Waals surface area contributed by atoms with Crippen LogP contribution < -0.4 is 5.73 Å². The van der Waals surface area contributed by atoms with Gasteiger partial charge in [0.1, 0.15) is 0 Å². The molecule has 0 spiro atoms. The van der Waals surface area contributed by atoms with Crippen molar-refractivity contribution in [2.45, 2.75) is 64.3 Å². The average Bonchev–Trinajstić information content (AvgIpc) is 2.62. The zero-order chi connectivity index (χ0) is 14.1. The minimum absolute atomic E-state index is 0.273. The molecule has 0 amide bonds. The number of nitrogens with two attached hydrogens (primary N) is 1. The van der Waals surface area contributed by atoms with Gasteiger partial charge < -0.3 is 10.6 Å². The summed E-state index contributed by atoms with van der Waals surface area (Å²) in [5.74, 6) is 0. The predicted octanol–water partition coefficient (Wildman–Crippen LogP) is 2.70. The molecule has 1 heterocycles. The Morgan fingerprint density at radius 1 is 1.05 bits per heavy atom. The van der Waals surface area contributed by atoms with E-state index in [4.69, 9.17) is 5.73 Å². The average molecular weight is 269 g/mol. The van der Waals surface area contributed by atoms with Gasteiger partial charge in [-0.25, -0.2) is 0 Å². The molecule has 1 aliphatic rings. The summed E-state index contributed by atoms with van der Waals surface area (Å²) in [6.07, 6.45) is 8.99. The van der Waals surface area contributed by atoms with Crippen LogP contribution in [-0.2, 0) is 0 Å². The van der Waals surface area contributed by atoms with Gasteiger partial charge >= 0.3 is 0 Å². The van der Waals surface area contributed by atoms with E-state index >= 15 is 0 Å². The first-order valence-electron chi connectivity index (χ1n) is 8.32. The summed E-state index contributed by atoms with van der Waals surface area (Å²) in [4.78, 5) is 5.20. The summed E-state index contributed by atoms with van der Waals surface area (Å²) >= 11 is 0. The summed E-state index contributed by atoms with van der Waals surface area (Å²) in [5, 5.41) is 0. The molecular weight excluding hydrogens is 234 g/mol. The molecule has 3 heteroatoms. The fourth-order valence-corrected chi connectivity index (χ4v) is 3.25. The molecule has 1 saturated heterocycles. The molecule has 114 valence electrons. The van der Waals surface area contributed by atoms with Crippen LogP contribution in [0.4, 0.5) is 0 Å². The summed E-state index contributed by atoms with van der Waals surface area (Å²) in [6, 6.07) is 0. The minimum atomic E-state index is 0.273. The largest absolute Gasteiger partial charge is 0.329 e. The van der Waals surface area contributed by atoms with E-state index in [1.807, 2.05) is 0 Å². The van der Waals surface area contributed by atoms with Gasteiger partial charge in [-0.05, 0) is 65.3 Å². The maximum absolute atomic E-state index is 6.24. The number of likely N-dealkylation sites (tertiary alicyclic amines) is 1. The minimum Gasteiger partial charge on any atom is -0.329 e. The predicted molar refractivity (Wildman–Crippen MR) is 84.5 cm³/mol. The van der Waals surface area contributed by atoms with Crippen molar-refractivity contribution in [3.05, 3.63) is 0 Å². The molecule has 2 N–H and O–H groups in total. The van der Waals surface area contributed by atoms with Crippen LogP contribution in [0.5, 0.6) is 0 Å². The van der Waals surface area contributed by atoms with Crippen molar-refractivity contribution in [2.75, 3.05) is 39.8 Å². The van der Waals surface area contributed by atoms with E-state index in [2.05, 4.69) is 30.7 Å². The lowest BCUT2D eigenvalue weighted by atomic mass is 9.87. The van der Waals surface area contributed by atoms with Crippen LogP contribution >= 0.6 is 0 Å². The van der Waals surface area contributed by atoms with Crippen LogP contribution in [-0.4, -0.2) is 55.1 Å². The Labute approximate surface area is 120 Å². The molecular formula is C16H35N3. The Hall–Kier alpha value is -0.120. The lowest BCUT2D eigenvalue weighted by Crippen LogP contribution is -2.55. The second-order valence-corrected chi connectivity index (χ2v) is 6.28. The van der Waals surface area contributed by atoms with Crippen molar-refractivity contribution in [1.29, 1.82) is 0 Å². The van der Waals surface area contributed by atoms with Crippen LogP contribution in [0.2, 0.25) is 0 Å². The molecule has 0 aromatic heterocycles. The smallest absolute Gasteiger partial charge is 0.0344 e. The lowest BCUT2D eigenvalue weighted by molar-refractivity contribution is 0.0752. The highest BCUT2D eigenvalue weighted by Crippen LogP contribution is 2.28. The standard InChI is InChI=1S/C16H35N3/c1-4-6-12-19(13-7-5-2)16(15-17)9-8-11-18(3)14-10-16/h4-15,17H2,1-3H3. The summed E-state index contributed by atoms with van der Waals surface area (Å²) in [5.41, 5.74) is 6.51. The third kappa shape index (κ3) is 5.05. The topological polar surface area (TPSA) is 32.5 Å². The van der Waals surface area contributed by atoms with Crippen LogP contribution in [0.1, 0.15) is 58.8 Å².